The van der Waals surface area contributed by atoms with E-state index in [0.717, 1.165) is 17.5 Å². The standard InChI is InChI=1S/C17H17O2/c18-17(16-10-5-2-6-11-16)12-7-13-19-14-15-8-3-1-4-9-15/h1,3-6,8-11H,7,12-14H2. The van der Waals surface area contributed by atoms with Crippen molar-refractivity contribution in [3.63, 3.8) is 0 Å². The number of hydrogen-bond donors (Lipinski definition) is 0. The van der Waals surface area contributed by atoms with Crippen molar-refractivity contribution < 1.29 is 9.53 Å². The van der Waals surface area contributed by atoms with Crippen molar-refractivity contribution in [2.75, 3.05) is 6.61 Å². The molecular formula is C17H17O2. The summed E-state index contributed by atoms with van der Waals surface area (Å²) in [5, 5.41) is 0. The molecule has 0 N–H and O–H groups in total. The van der Waals surface area contributed by atoms with Crippen molar-refractivity contribution >= 4 is 5.78 Å². The maximum absolute atomic E-state index is 11.8. The van der Waals surface area contributed by atoms with Gasteiger partial charge in [-0.15, -0.1) is 0 Å². The van der Waals surface area contributed by atoms with E-state index >= 15 is 0 Å². The maximum Gasteiger partial charge on any atom is 0.162 e. The van der Waals surface area contributed by atoms with Gasteiger partial charge in [-0.25, -0.2) is 0 Å². The number of rotatable bonds is 7. The first-order chi connectivity index (χ1) is 9.36. The van der Waals surface area contributed by atoms with Gasteiger partial charge in [0.25, 0.3) is 0 Å². The van der Waals surface area contributed by atoms with Gasteiger partial charge >= 0.3 is 0 Å². The van der Waals surface area contributed by atoms with E-state index in [4.69, 9.17) is 4.74 Å². The van der Waals surface area contributed by atoms with Crippen LogP contribution in [0.3, 0.4) is 0 Å². The fourth-order valence-electron chi connectivity index (χ4n) is 1.82. The Morgan fingerprint density at radius 3 is 2.53 bits per heavy atom. The predicted molar refractivity (Wildman–Crippen MR) is 74.9 cm³/mol. The van der Waals surface area contributed by atoms with Crippen molar-refractivity contribution in [2.45, 2.75) is 19.4 Å². The zero-order valence-electron chi connectivity index (χ0n) is 10.8. The number of benzene rings is 2. The fraction of sp³-hybridized carbons (Fsp3) is 0.235. The molecule has 0 aliphatic heterocycles. The maximum atomic E-state index is 11.8. The molecule has 2 rings (SSSR count). The first-order valence-corrected chi connectivity index (χ1v) is 6.47. The molecule has 2 aromatic rings. The highest BCUT2D eigenvalue weighted by molar-refractivity contribution is 5.95. The summed E-state index contributed by atoms with van der Waals surface area (Å²) in [6.45, 7) is 1.22. The minimum Gasteiger partial charge on any atom is -0.377 e. The number of ether oxygens (including phenoxy) is 1. The Labute approximate surface area is 114 Å². The highest BCUT2D eigenvalue weighted by Gasteiger charge is 2.04. The molecule has 0 spiro atoms. The average Bonchev–Trinajstić information content (AvgIpc) is 2.49. The molecule has 2 aromatic carbocycles. The summed E-state index contributed by atoms with van der Waals surface area (Å²) < 4.78 is 5.55. The second-order valence-electron chi connectivity index (χ2n) is 4.35. The Hall–Kier alpha value is -1.93. The Balaban J connectivity index is 1.63. The molecule has 0 heterocycles. The molecule has 2 heteroatoms. The van der Waals surface area contributed by atoms with Crippen LogP contribution in [0.5, 0.6) is 0 Å². The molecule has 0 fully saturated rings. The summed E-state index contributed by atoms with van der Waals surface area (Å²) >= 11 is 0. The van der Waals surface area contributed by atoms with Crippen LogP contribution in [0.1, 0.15) is 28.8 Å². The molecule has 0 aliphatic rings. The van der Waals surface area contributed by atoms with E-state index in [1.165, 1.54) is 0 Å². The molecule has 2 nitrogen and oxygen atoms in total. The number of carbonyl (C=O) groups excluding carboxylic acids is 1. The Bertz CT molecular complexity index is 491. The van der Waals surface area contributed by atoms with Gasteiger partial charge in [0.1, 0.15) is 0 Å². The minimum atomic E-state index is 0.164. The van der Waals surface area contributed by atoms with Crippen LogP contribution in [0.4, 0.5) is 0 Å². The lowest BCUT2D eigenvalue weighted by molar-refractivity contribution is 0.0919. The summed E-state index contributed by atoms with van der Waals surface area (Å²) in [7, 11) is 0. The van der Waals surface area contributed by atoms with Gasteiger partial charge in [0.05, 0.1) is 6.61 Å². The van der Waals surface area contributed by atoms with Crippen LogP contribution in [-0.2, 0) is 11.3 Å². The minimum absolute atomic E-state index is 0.164. The van der Waals surface area contributed by atoms with Crippen LogP contribution >= 0.6 is 0 Å². The highest BCUT2D eigenvalue weighted by atomic mass is 16.5. The number of ketones is 1. The van der Waals surface area contributed by atoms with Gasteiger partial charge in [0.2, 0.25) is 0 Å². The van der Waals surface area contributed by atoms with Crippen molar-refractivity contribution in [3.8, 4) is 0 Å². The smallest absolute Gasteiger partial charge is 0.162 e. The third-order valence-corrected chi connectivity index (χ3v) is 2.84. The van der Waals surface area contributed by atoms with Gasteiger partial charge in [-0.1, -0.05) is 54.6 Å². The summed E-state index contributed by atoms with van der Waals surface area (Å²) in [4.78, 5) is 11.8. The second kappa shape index (κ2) is 7.49. The number of hydrogen-bond acceptors (Lipinski definition) is 2. The van der Waals surface area contributed by atoms with Crippen LogP contribution in [-0.4, -0.2) is 12.4 Å². The van der Waals surface area contributed by atoms with E-state index < -0.39 is 0 Å². The van der Waals surface area contributed by atoms with Crippen molar-refractivity contribution in [2.24, 2.45) is 0 Å². The largest absolute Gasteiger partial charge is 0.377 e. The second-order valence-corrected chi connectivity index (χ2v) is 4.35. The van der Waals surface area contributed by atoms with E-state index in [1.54, 1.807) is 24.3 Å². The van der Waals surface area contributed by atoms with Gasteiger partial charge in [0.15, 0.2) is 5.78 Å². The Kier molecular flexibility index (Phi) is 5.32. The van der Waals surface area contributed by atoms with Crippen LogP contribution in [0.25, 0.3) is 0 Å². The monoisotopic (exact) mass is 253 g/mol. The fourth-order valence-corrected chi connectivity index (χ4v) is 1.82. The zero-order valence-corrected chi connectivity index (χ0v) is 10.8. The van der Waals surface area contributed by atoms with Crippen LogP contribution in [0.15, 0.2) is 54.6 Å². The molecule has 0 aliphatic carbocycles. The van der Waals surface area contributed by atoms with Gasteiger partial charge in [0, 0.05) is 18.6 Å². The topological polar surface area (TPSA) is 26.3 Å². The Morgan fingerprint density at radius 1 is 1.05 bits per heavy atom. The van der Waals surface area contributed by atoms with Crippen LogP contribution in [0.2, 0.25) is 0 Å². The van der Waals surface area contributed by atoms with Gasteiger partial charge < -0.3 is 4.74 Å². The molecule has 0 atom stereocenters. The summed E-state index contributed by atoms with van der Waals surface area (Å²) in [6.07, 6.45) is 1.28. The number of Topliss-reactive ketones (excluding diaryl/α,β-unsaturated/α-hetero) is 1. The molecule has 0 unspecified atom stereocenters. The normalized spacial score (nSPS) is 10.3. The molecule has 0 saturated carbocycles. The van der Waals surface area contributed by atoms with E-state index in [-0.39, 0.29) is 5.78 Å². The molecular weight excluding hydrogens is 236 g/mol. The van der Waals surface area contributed by atoms with Gasteiger partial charge in [-0.05, 0) is 18.1 Å². The quantitative estimate of drug-likeness (QED) is 0.556. The lowest BCUT2D eigenvalue weighted by Crippen LogP contribution is -2.02. The molecule has 1 radical (unpaired) electrons. The van der Waals surface area contributed by atoms with E-state index in [1.807, 2.05) is 30.3 Å². The summed E-state index contributed by atoms with van der Waals surface area (Å²) in [6, 6.07) is 20.1. The van der Waals surface area contributed by atoms with E-state index in [2.05, 4.69) is 6.07 Å². The Morgan fingerprint density at radius 2 is 1.79 bits per heavy atom. The third kappa shape index (κ3) is 4.68. The molecule has 0 saturated heterocycles. The van der Waals surface area contributed by atoms with E-state index in [0.29, 0.717) is 19.6 Å². The predicted octanol–water partition coefficient (Wildman–Crippen LogP) is 3.67. The highest BCUT2D eigenvalue weighted by Crippen LogP contribution is 2.06. The van der Waals surface area contributed by atoms with Gasteiger partial charge in [-0.3, -0.25) is 4.79 Å². The summed E-state index contributed by atoms with van der Waals surface area (Å²) in [5.74, 6) is 0.164. The zero-order chi connectivity index (χ0) is 13.3. The number of carbonyl (C=O) groups is 1. The first kappa shape index (κ1) is 13.5. The summed E-state index contributed by atoms with van der Waals surface area (Å²) in [5.41, 5.74) is 1.91. The lowest BCUT2D eigenvalue weighted by atomic mass is 10.1. The molecule has 0 amide bonds. The van der Waals surface area contributed by atoms with E-state index in [9.17, 15) is 4.79 Å². The lowest BCUT2D eigenvalue weighted by Gasteiger charge is -2.04. The molecule has 97 valence electrons. The molecule has 19 heavy (non-hydrogen) atoms. The third-order valence-electron chi connectivity index (χ3n) is 2.84. The van der Waals surface area contributed by atoms with Gasteiger partial charge in [-0.2, -0.15) is 0 Å². The van der Waals surface area contributed by atoms with Crippen molar-refractivity contribution in [3.05, 3.63) is 71.8 Å². The SMILES string of the molecule is O=C(CCCOCc1ccccc1)c1cc[c]cc1. The molecule has 0 bridgehead atoms. The van der Waals surface area contributed by atoms with Crippen LogP contribution < -0.4 is 0 Å². The van der Waals surface area contributed by atoms with Crippen LogP contribution in [0, 0.1) is 6.07 Å². The average molecular weight is 253 g/mol. The first-order valence-electron chi connectivity index (χ1n) is 6.47. The molecule has 0 aromatic heterocycles. The van der Waals surface area contributed by atoms with Crippen molar-refractivity contribution in [1.29, 1.82) is 0 Å². The van der Waals surface area contributed by atoms with Crippen molar-refractivity contribution in [1.82, 2.24) is 0 Å².